The van der Waals surface area contributed by atoms with E-state index < -0.39 is 9.05 Å². The Bertz CT molecular complexity index is 550. The van der Waals surface area contributed by atoms with E-state index in [1.54, 1.807) is 19.1 Å². The lowest BCUT2D eigenvalue weighted by Gasteiger charge is -2.16. The zero-order chi connectivity index (χ0) is 15.3. The van der Waals surface area contributed by atoms with Gasteiger partial charge in [0.2, 0.25) is 0 Å². The molecule has 0 saturated carbocycles. The van der Waals surface area contributed by atoms with Crippen molar-refractivity contribution in [3.8, 4) is 5.75 Å². The lowest BCUT2D eigenvalue weighted by molar-refractivity contribution is 0.302. The molecule has 1 aromatic rings. The topological polar surface area (TPSA) is 43.4 Å². The summed E-state index contributed by atoms with van der Waals surface area (Å²) in [7, 11) is 1.75. The van der Waals surface area contributed by atoms with Crippen molar-refractivity contribution in [1.29, 1.82) is 0 Å². The van der Waals surface area contributed by atoms with E-state index in [0.29, 0.717) is 12.2 Å². The number of unbranched alkanes of at least 4 members (excludes halogenated alkanes) is 2. The first kappa shape index (κ1) is 17.3. The van der Waals surface area contributed by atoms with Crippen LogP contribution in [0.5, 0.6) is 5.75 Å². The van der Waals surface area contributed by atoms with Crippen LogP contribution in [0.15, 0.2) is 17.0 Å². The Morgan fingerprint density at radius 1 is 1.25 bits per heavy atom. The number of rotatable bonds is 7. The highest BCUT2D eigenvalue weighted by Crippen LogP contribution is 2.33. The standard InChI is InChI=1S/C15H23ClO3S/c1-5-6-7-8-19-14-9-12(4)15(20(16,17)18)10-13(14)11(2)3/h9-11H,5-8H2,1-4H3. The summed E-state index contributed by atoms with van der Waals surface area (Å²) in [6, 6.07) is 3.41. The summed E-state index contributed by atoms with van der Waals surface area (Å²) in [6.07, 6.45) is 3.27. The third kappa shape index (κ3) is 4.67. The van der Waals surface area contributed by atoms with Crippen molar-refractivity contribution in [2.75, 3.05) is 6.61 Å². The van der Waals surface area contributed by atoms with Crippen LogP contribution >= 0.6 is 10.7 Å². The highest BCUT2D eigenvalue weighted by atomic mass is 35.7. The second-order valence-corrected chi connectivity index (χ2v) is 7.84. The Morgan fingerprint density at radius 3 is 2.40 bits per heavy atom. The molecule has 3 nitrogen and oxygen atoms in total. The monoisotopic (exact) mass is 318 g/mol. The molecule has 0 aromatic heterocycles. The molecule has 0 spiro atoms. The fraction of sp³-hybridized carbons (Fsp3) is 0.600. The molecule has 20 heavy (non-hydrogen) atoms. The van der Waals surface area contributed by atoms with Gasteiger partial charge in [0.25, 0.3) is 9.05 Å². The molecule has 1 rings (SSSR count). The van der Waals surface area contributed by atoms with Gasteiger partial charge in [-0.25, -0.2) is 8.42 Å². The number of hydrogen-bond acceptors (Lipinski definition) is 3. The summed E-state index contributed by atoms with van der Waals surface area (Å²) in [5.41, 5.74) is 1.50. The predicted octanol–water partition coefficient (Wildman–Crippen LogP) is 4.61. The third-order valence-electron chi connectivity index (χ3n) is 3.20. The maximum atomic E-state index is 11.6. The van der Waals surface area contributed by atoms with Gasteiger partial charge in [0.15, 0.2) is 0 Å². The molecule has 1 aromatic carbocycles. The summed E-state index contributed by atoms with van der Waals surface area (Å²) in [5.74, 6) is 0.937. The second-order valence-electron chi connectivity index (χ2n) is 5.30. The maximum Gasteiger partial charge on any atom is 0.261 e. The fourth-order valence-electron chi connectivity index (χ4n) is 2.05. The lowest BCUT2D eigenvalue weighted by atomic mass is 10.0. The summed E-state index contributed by atoms with van der Waals surface area (Å²) in [5, 5.41) is 0. The molecule has 0 aliphatic carbocycles. The number of hydrogen-bond donors (Lipinski definition) is 0. The van der Waals surface area contributed by atoms with Crippen LogP contribution in [0.3, 0.4) is 0 Å². The smallest absolute Gasteiger partial charge is 0.261 e. The van der Waals surface area contributed by atoms with Gasteiger partial charge in [-0.15, -0.1) is 0 Å². The molecule has 0 aliphatic heterocycles. The molecule has 0 amide bonds. The van der Waals surface area contributed by atoms with Crippen molar-refractivity contribution < 1.29 is 13.2 Å². The van der Waals surface area contributed by atoms with Crippen molar-refractivity contribution in [1.82, 2.24) is 0 Å². The Labute approximate surface area is 126 Å². The average Bonchev–Trinajstić information content (AvgIpc) is 2.32. The number of aryl methyl sites for hydroxylation is 1. The minimum Gasteiger partial charge on any atom is -0.493 e. The maximum absolute atomic E-state index is 11.6. The highest BCUT2D eigenvalue weighted by Gasteiger charge is 2.19. The zero-order valence-corrected chi connectivity index (χ0v) is 14.1. The molecule has 0 bridgehead atoms. The van der Waals surface area contributed by atoms with E-state index in [1.165, 1.54) is 0 Å². The minimum atomic E-state index is -3.72. The van der Waals surface area contributed by atoms with Gasteiger partial charge >= 0.3 is 0 Å². The van der Waals surface area contributed by atoms with Crippen LogP contribution in [-0.2, 0) is 9.05 Å². The van der Waals surface area contributed by atoms with Crippen LogP contribution in [-0.4, -0.2) is 15.0 Å². The molecule has 0 saturated heterocycles. The molecule has 0 N–H and O–H groups in total. The van der Waals surface area contributed by atoms with Crippen LogP contribution in [0.2, 0.25) is 0 Å². The van der Waals surface area contributed by atoms with Gasteiger partial charge in [0, 0.05) is 10.7 Å². The van der Waals surface area contributed by atoms with Crippen molar-refractivity contribution in [2.45, 2.75) is 57.8 Å². The quantitative estimate of drug-likeness (QED) is 0.544. The Balaban J connectivity index is 3.09. The van der Waals surface area contributed by atoms with E-state index in [4.69, 9.17) is 15.4 Å². The van der Waals surface area contributed by atoms with E-state index >= 15 is 0 Å². The molecular weight excluding hydrogens is 296 g/mol. The molecular formula is C15H23ClO3S. The zero-order valence-electron chi connectivity index (χ0n) is 12.6. The predicted molar refractivity (Wildman–Crippen MR) is 83.3 cm³/mol. The van der Waals surface area contributed by atoms with E-state index in [9.17, 15) is 8.42 Å². The van der Waals surface area contributed by atoms with Crippen molar-refractivity contribution in [3.05, 3.63) is 23.3 Å². The molecule has 5 heteroatoms. The van der Waals surface area contributed by atoms with Crippen LogP contribution in [0.4, 0.5) is 0 Å². The minimum absolute atomic E-state index is 0.170. The van der Waals surface area contributed by atoms with E-state index in [0.717, 1.165) is 30.6 Å². The van der Waals surface area contributed by atoms with Crippen molar-refractivity contribution in [3.63, 3.8) is 0 Å². The van der Waals surface area contributed by atoms with Crippen LogP contribution < -0.4 is 4.74 Å². The first-order chi connectivity index (χ1) is 9.27. The van der Waals surface area contributed by atoms with Crippen LogP contribution in [0.1, 0.15) is 57.1 Å². The Morgan fingerprint density at radius 2 is 1.90 bits per heavy atom. The SMILES string of the molecule is CCCCCOc1cc(C)c(S(=O)(=O)Cl)cc1C(C)C. The normalized spacial score (nSPS) is 11.9. The summed E-state index contributed by atoms with van der Waals surface area (Å²) < 4.78 is 28.9. The summed E-state index contributed by atoms with van der Waals surface area (Å²) in [6.45, 7) is 8.55. The number of benzene rings is 1. The van der Waals surface area contributed by atoms with Gasteiger partial charge in [0.05, 0.1) is 11.5 Å². The first-order valence-corrected chi connectivity index (χ1v) is 9.30. The molecule has 0 heterocycles. The van der Waals surface area contributed by atoms with Crippen LogP contribution in [0, 0.1) is 6.92 Å². The largest absolute Gasteiger partial charge is 0.493 e. The molecule has 0 aliphatic rings. The van der Waals surface area contributed by atoms with Gasteiger partial charge in [-0.3, -0.25) is 0 Å². The number of ether oxygens (including phenoxy) is 1. The molecule has 114 valence electrons. The van der Waals surface area contributed by atoms with Gasteiger partial charge in [-0.2, -0.15) is 0 Å². The van der Waals surface area contributed by atoms with Crippen molar-refractivity contribution >= 4 is 19.7 Å². The molecule has 0 fully saturated rings. The van der Waals surface area contributed by atoms with Gasteiger partial charge < -0.3 is 4.74 Å². The first-order valence-electron chi connectivity index (χ1n) is 6.99. The van der Waals surface area contributed by atoms with Gasteiger partial charge in [-0.1, -0.05) is 33.6 Å². The summed E-state index contributed by atoms with van der Waals surface area (Å²) >= 11 is 0. The summed E-state index contributed by atoms with van der Waals surface area (Å²) in [4.78, 5) is 0.170. The molecule has 0 radical (unpaired) electrons. The van der Waals surface area contributed by atoms with Gasteiger partial charge in [-0.05, 0) is 42.5 Å². The Hall–Kier alpha value is -0.740. The molecule has 0 unspecified atom stereocenters. The van der Waals surface area contributed by atoms with E-state index in [1.807, 2.05) is 13.8 Å². The van der Waals surface area contributed by atoms with E-state index in [-0.39, 0.29) is 10.8 Å². The van der Waals surface area contributed by atoms with E-state index in [2.05, 4.69) is 6.92 Å². The highest BCUT2D eigenvalue weighted by molar-refractivity contribution is 8.13. The fourth-order valence-corrected chi connectivity index (χ4v) is 3.26. The Kier molecular flexibility index (Phi) is 6.34. The third-order valence-corrected chi connectivity index (χ3v) is 4.66. The molecule has 0 atom stereocenters. The van der Waals surface area contributed by atoms with Gasteiger partial charge in [0.1, 0.15) is 5.75 Å². The van der Waals surface area contributed by atoms with Crippen molar-refractivity contribution in [2.24, 2.45) is 0 Å². The van der Waals surface area contributed by atoms with Crippen LogP contribution in [0.25, 0.3) is 0 Å². The number of halogens is 1. The second kappa shape index (κ2) is 7.32. The average molecular weight is 319 g/mol. The lowest BCUT2D eigenvalue weighted by Crippen LogP contribution is -2.04.